The van der Waals surface area contributed by atoms with Crippen molar-refractivity contribution in [3.05, 3.63) is 80.5 Å². The summed E-state index contributed by atoms with van der Waals surface area (Å²) in [7, 11) is 0. The lowest BCUT2D eigenvalue weighted by Gasteiger charge is -2.35. The number of piperazine rings is 1. The number of carbonyl (C=O) groups excluding carboxylic acids is 1. The number of rotatable bonds is 6. The predicted molar refractivity (Wildman–Crippen MR) is 125 cm³/mol. The van der Waals surface area contributed by atoms with Gasteiger partial charge in [0.15, 0.2) is 0 Å². The highest BCUT2D eigenvalue weighted by atomic mass is 35.5. The fourth-order valence-corrected chi connectivity index (χ4v) is 5.46. The molecule has 0 unspecified atom stereocenters. The number of nitrogens with zero attached hydrogens (tertiary/aromatic N) is 3. The third-order valence-corrected chi connectivity index (χ3v) is 7.55. The van der Waals surface area contributed by atoms with Crippen LogP contribution in [0.25, 0.3) is 0 Å². The van der Waals surface area contributed by atoms with Crippen molar-refractivity contribution in [1.29, 1.82) is 0 Å². The topological polar surface area (TPSA) is 36.4 Å². The van der Waals surface area contributed by atoms with Gasteiger partial charge in [0, 0.05) is 59.3 Å². The zero-order valence-corrected chi connectivity index (χ0v) is 19.6. The summed E-state index contributed by atoms with van der Waals surface area (Å²) >= 11 is 9.44. The Bertz CT molecular complexity index is 1050. The molecule has 1 aliphatic rings. The van der Waals surface area contributed by atoms with Gasteiger partial charge < -0.3 is 4.90 Å². The Morgan fingerprint density at radius 1 is 1.16 bits per heavy atom. The minimum atomic E-state index is -0.285. The number of aromatic nitrogens is 1. The van der Waals surface area contributed by atoms with Crippen LogP contribution in [-0.2, 0) is 12.3 Å². The first-order valence-electron chi connectivity index (χ1n) is 10.1. The molecule has 1 aromatic heterocycles. The van der Waals surface area contributed by atoms with E-state index in [1.807, 2.05) is 36.1 Å². The van der Waals surface area contributed by atoms with Crippen molar-refractivity contribution < 1.29 is 9.18 Å². The van der Waals surface area contributed by atoms with Crippen LogP contribution in [0.2, 0.25) is 5.02 Å². The summed E-state index contributed by atoms with van der Waals surface area (Å²) in [6.07, 6.45) is 0. The molecule has 1 aliphatic heterocycles. The van der Waals surface area contributed by atoms with Crippen molar-refractivity contribution in [2.24, 2.45) is 0 Å². The Balaban J connectivity index is 1.37. The van der Waals surface area contributed by atoms with Gasteiger partial charge in [-0.25, -0.2) is 9.37 Å². The van der Waals surface area contributed by atoms with Gasteiger partial charge in [-0.3, -0.25) is 9.69 Å². The molecule has 2 aromatic carbocycles. The molecular formula is C23H23ClFN3OS2. The van der Waals surface area contributed by atoms with E-state index in [1.54, 1.807) is 35.2 Å². The fraction of sp³-hybridized carbons (Fsp3) is 0.304. The van der Waals surface area contributed by atoms with E-state index in [4.69, 9.17) is 11.6 Å². The minimum absolute atomic E-state index is 0.0427. The second-order valence-corrected chi connectivity index (χ2v) is 9.90. The van der Waals surface area contributed by atoms with Crippen molar-refractivity contribution in [2.75, 3.05) is 26.2 Å². The average Bonchev–Trinajstić information content (AvgIpc) is 3.20. The minimum Gasteiger partial charge on any atom is -0.336 e. The number of hydrogen-bond donors (Lipinski definition) is 0. The third-order valence-electron chi connectivity index (χ3n) is 5.26. The van der Waals surface area contributed by atoms with Gasteiger partial charge >= 0.3 is 0 Å². The number of aryl methyl sites for hydroxylation is 1. The number of amides is 1. The van der Waals surface area contributed by atoms with Crippen LogP contribution in [0.3, 0.4) is 0 Å². The predicted octanol–water partition coefficient (Wildman–Crippen LogP) is 5.49. The maximum absolute atomic E-state index is 14.1. The molecule has 1 fully saturated rings. The van der Waals surface area contributed by atoms with Crippen LogP contribution in [-0.4, -0.2) is 46.9 Å². The molecule has 0 bridgehead atoms. The smallest absolute Gasteiger partial charge is 0.255 e. The maximum Gasteiger partial charge on any atom is 0.255 e. The van der Waals surface area contributed by atoms with E-state index >= 15 is 0 Å². The van der Waals surface area contributed by atoms with E-state index in [-0.39, 0.29) is 11.7 Å². The van der Waals surface area contributed by atoms with E-state index in [1.165, 1.54) is 6.07 Å². The fourth-order valence-electron chi connectivity index (χ4n) is 3.58. The molecule has 2 heterocycles. The first-order valence-corrected chi connectivity index (χ1v) is 12.3. The van der Waals surface area contributed by atoms with Gasteiger partial charge in [-0.05, 0) is 31.2 Å². The van der Waals surface area contributed by atoms with Gasteiger partial charge in [-0.15, -0.1) is 23.1 Å². The van der Waals surface area contributed by atoms with Crippen molar-refractivity contribution in [2.45, 2.75) is 24.1 Å². The molecule has 8 heteroatoms. The Hall–Kier alpha value is -1.93. The molecule has 4 rings (SSSR count). The number of hydrogen-bond acceptors (Lipinski definition) is 5. The first kappa shape index (κ1) is 22.3. The van der Waals surface area contributed by atoms with Crippen LogP contribution in [0.4, 0.5) is 4.39 Å². The van der Waals surface area contributed by atoms with Crippen LogP contribution in [0.5, 0.6) is 0 Å². The highest BCUT2D eigenvalue weighted by Crippen LogP contribution is 2.28. The van der Waals surface area contributed by atoms with Crippen LogP contribution in [0, 0.1) is 12.7 Å². The highest BCUT2D eigenvalue weighted by Gasteiger charge is 2.25. The lowest BCUT2D eigenvalue weighted by Crippen LogP contribution is -2.48. The summed E-state index contributed by atoms with van der Waals surface area (Å²) in [4.78, 5) is 22.7. The molecule has 3 aromatic rings. The lowest BCUT2D eigenvalue weighted by molar-refractivity contribution is 0.0623. The summed E-state index contributed by atoms with van der Waals surface area (Å²) < 4.78 is 14.1. The lowest BCUT2D eigenvalue weighted by atomic mass is 10.1. The summed E-state index contributed by atoms with van der Waals surface area (Å²) in [5, 5.41) is 3.56. The average molecular weight is 476 g/mol. The molecular weight excluding hydrogens is 453 g/mol. The molecule has 1 saturated heterocycles. The van der Waals surface area contributed by atoms with Crippen molar-refractivity contribution in [3.63, 3.8) is 0 Å². The second-order valence-electron chi connectivity index (χ2n) is 7.41. The number of carbonyl (C=O) groups is 1. The quantitative estimate of drug-likeness (QED) is 0.441. The summed E-state index contributed by atoms with van der Waals surface area (Å²) in [5.74, 6) is 0.500. The number of thioether (sulfide) groups is 1. The SMILES string of the molecule is Cc1nc(CSc2ccccc2C(=O)N2CCN(Cc3c(F)cccc3Cl)CC2)cs1. The molecule has 0 N–H and O–H groups in total. The molecule has 0 spiro atoms. The van der Waals surface area contributed by atoms with Gasteiger partial charge in [-0.2, -0.15) is 0 Å². The van der Waals surface area contributed by atoms with E-state index < -0.39 is 0 Å². The summed E-state index contributed by atoms with van der Waals surface area (Å²) in [5.41, 5.74) is 2.28. The van der Waals surface area contributed by atoms with Crippen LogP contribution in [0.1, 0.15) is 26.6 Å². The van der Waals surface area contributed by atoms with Gasteiger partial charge in [-0.1, -0.05) is 29.8 Å². The Morgan fingerprint density at radius 2 is 1.94 bits per heavy atom. The zero-order chi connectivity index (χ0) is 21.8. The van der Waals surface area contributed by atoms with Crippen LogP contribution in [0.15, 0.2) is 52.7 Å². The number of benzene rings is 2. The molecule has 0 atom stereocenters. The monoisotopic (exact) mass is 475 g/mol. The molecule has 1 amide bonds. The van der Waals surface area contributed by atoms with Gasteiger partial charge in [0.1, 0.15) is 5.82 Å². The molecule has 0 saturated carbocycles. The van der Waals surface area contributed by atoms with Gasteiger partial charge in [0.2, 0.25) is 0 Å². The molecule has 4 nitrogen and oxygen atoms in total. The second kappa shape index (κ2) is 10.1. The number of thiazole rings is 1. The third kappa shape index (κ3) is 5.47. The Morgan fingerprint density at radius 3 is 2.65 bits per heavy atom. The molecule has 162 valence electrons. The van der Waals surface area contributed by atoms with Crippen LogP contribution < -0.4 is 0 Å². The molecule has 0 aliphatic carbocycles. The van der Waals surface area contributed by atoms with Crippen molar-refractivity contribution >= 4 is 40.6 Å². The Kier molecular flexibility index (Phi) is 7.27. The summed E-state index contributed by atoms with van der Waals surface area (Å²) in [6.45, 7) is 5.03. The molecule has 0 radical (unpaired) electrons. The van der Waals surface area contributed by atoms with Crippen LogP contribution >= 0.6 is 34.7 Å². The van der Waals surface area contributed by atoms with E-state index in [0.29, 0.717) is 43.3 Å². The molecule has 31 heavy (non-hydrogen) atoms. The largest absolute Gasteiger partial charge is 0.336 e. The standard InChI is InChI=1S/C23H23ClFN3OS2/c1-16-26-17(14-30-16)15-31-22-8-3-2-5-18(22)23(29)28-11-9-27(10-12-28)13-19-20(24)6-4-7-21(19)25/h2-8,14H,9-13,15H2,1H3. The van der Waals surface area contributed by atoms with E-state index in [0.717, 1.165) is 26.9 Å². The van der Waals surface area contributed by atoms with E-state index in [2.05, 4.69) is 15.3 Å². The highest BCUT2D eigenvalue weighted by molar-refractivity contribution is 7.98. The maximum atomic E-state index is 14.1. The zero-order valence-electron chi connectivity index (χ0n) is 17.2. The van der Waals surface area contributed by atoms with Gasteiger partial charge in [0.05, 0.1) is 16.3 Å². The number of halogens is 2. The Labute approximate surface area is 195 Å². The summed E-state index contributed by atoms with van der Waals surface area (Å²) in [6, 6.07) is 12.5. The first-order chi connectivity index (χ1) is 15.0. The van der Waals surface area contributed by atoms with E-state index in [9.17, 15) is 9.18 Å². The van der Waals surface area contributed by atoms with Crippen molar-refractivity contribution in [3.8, 4) is 0 Å². The normalized spacial score (nSPS) is 14.7. The van der Waals surface area contributed by atoms with Gasteiger partial charge in [0.25, 0.3) is 5.91 Å². The van der Waals surface area contributed by atoms with Crippen molar-refractivity contribution in [1.82, 2.24) is 14.8 Å².